The Morgan fingerprint density at radius 2 is 1.94 bits per heavy atom. The number of fused-ring (bicyclic) bond motifs is 1. The number of hydrogen-bond donors (Lipinski definition) is 5. The smallest absolute Gasteiger partial charge is 0.175 e. The molecule has 2 aliphatic heterocycles. The number of benzene rings is 1. The molecule has 0 spiro atoms. The molecule has 2 heterocycles. The molecule has 0 bridgehead atoms. The van der Waals surface area contributed by atoms with Gasteiger partial charge in [-0.25, -0.2) is 10.9 Å². The van der Waals surface area contributed by atoms with Crippen LogP contribution in [0.1, 0.15) is 11.6 Å². The lowest BCUT2D eigenvalue weighted by atomic mass is 10.0. The number of ether oxygens (including phenoxy) is 2. The molecule has 6 N–H and O–H groups in total. The van der Waals surface area contributed by atoms with Gasteiger partial charge in [0.25, 0.3) is 0 Å². The second kappa shape index (κ2) is 5.00. The van der Waals surface area contributed by atoms with Crippen molar-refractivity contribution in [3.8, 4) is 11.5 Å². The van der Waals surface area contributed by atoms with Gasteiger partial charge < -0.3 is 15.2 Å². The van der Waals surface area contributed by atoms with Crippen molar-refractivity contribution in [2.75, 3.05) is 13.2 Å². The summed E-state index contributed by atoms with van der Waals surface area (Å²) in [5.74, 6) is 1.46. The highest BCUT2D eigenvalue weighted by molar-refractivity contribution is 9.10. The first-order valence-corrected chi connectivity index (χ1v) is 6.40. The Morgan fingerprint density at radius 1 is 1.22 bits per heavy atom. The molecule has 7 nitrogen and oxygen atoms in total. The summed E-state index contributed by atoms with van der Waals surface area (Å²) in [6.45, 7) is 1.12. The van der Waals surface area contributed by atoms with E-state index in [1.165, 1.54) is 0 Å². The normalized spacial score (nSPS) is 21.0. The molecular formula is C10H14BrN5O2. The quantitative estimate of drug-likeness (QED) is 0.510. The number of nitrogens with two attached hydrogens (primary N) is 1. The van der Waals surface area contributed by atoms with Gasteiger partial charge >= 0.3 is 0 Å². The van der Waals surface area contributed by atoms with Crippen molar-refractivity contribution in [3.05, 3.63) is 22.2 Å². The summed E-state index contributed by atoms with van der Waals surface area (Å²) in [6, 6.07) is 3.62. The number of hydrazine groups is 3. The van der Waals surface area contributed by atoms with Crippen LogP contribution < -0.4 is 37.1 Å². The van der Waals surface area contributed by atoms with Gasteiger partial charge in [-0.05, 0) is 33.6 Å². The third-order valence-electron chi connectivity index (χ3n) is 2.88. The molecule has 1 unspecified atom stereocenters. The Bertz CT molecular complexity index is 452. The topological polar surface area (TPSA) is 92.6 Å². The van der Waals surface area contributed by atoms with Crippen molar-refractivity contribution in [1.29, 1.82) is 0 Å². The van der Waals surface area contributed by atoms with Crippen LogP contribution in [-0.4, -0.2) is 19.4 Å². The summed E-state index contributed by atoms with van der Waals surface area (Å²) in [6.07, 6.45) is -0.112. The minimum Gasteiger partial charge on any atom is -0.486 e. The van der Waals surface area contributed by atoms with E-state index in [1.807, 2.05) is 12.1 Å². The molecule has 3 rings (SSSR count). The number of halogens is 1. The van der Waals surface area contributed by atoms with Gasteiger partial charge in [-0.2, -0.15) is 11.1 Å². The molecule has 1 aromatic rings. The molecule has 1 atom stereocenters. The van der Waals surface area contributed by atoms with E-state index in [4.69, 9.17) is 15.2 Å². The standard InChI is InChI=1S/C10H14BrN5O2/c11-6-3-5(8(12)10-13-15-16-14-10)4-7-9(6)18-2-1-17-7/h3-4,8,10,13-16H,1-2,12H2. The van der Waals surface area contributed by atoms with Gasteiger partial charge in [-0.1, -0.05) is 0 Å². The molecule has 18 heavy (non-hydrogen) atoms. The van der Waals surface area contributed by atoms with Crippen molar-refractivity contribution >= 4 is 15.9 Å². The Morgan fingerprint density at radius 3 is 2.72 bits per heavy atom. The van der Waals surface area contributed by atoms with Gasteiger partial charge in [0.05, 0.1) is 10.5 Å². The average Bonchev–Trinajstić information content (AvgIpc) is 2.91. The Balaban J connectivity index is 1.90. The minimum atomic E-state index is -0.236. The lowest BCUT2D eigenvalue weighted by Gasteiger charge is -2.23. The first-order valence-electron chi connectivity index (χ1n) is 5.61. The van der Waals surface area contributed by atoms with Crippen molar-refractivity contribution in [1.82, 2.24) is 21.9 Å². The highest BCUT2D eigenvalue weighted by atomic mass is 79.9. The summed E-state index contributed by atoms with van der Waals surface area (Å²) >= 11 is 3.48. The first kappa shape index (κ1) is 12.2. The second-order valence-electron chi connectivity index (χ2n) is 4.07. The minimum absolute atomic E-state index is 0.112. The monoisotopic (exact) mass is 315 g/mol. The van der Waals surface area contributed by atoms with E-state index >= 15 is 0 Å². The van der Waals surface area contributed by atoms with E-state index in [-0.39, 0.29) is 12.2 Å². The maximum atomic E-state index is 6.18. The molecule has 0 aliphatic carbocycles. The molecule has 0 amide bonds. The molecule has 98 valence electrons. The third kappa shape index (κ3) is 2.18. The van der Waals surface area contributed by atoms with Gasteiger partial charge in [-0.3, -0.25) is 0 Å². The van der Waals surface area contributed by atoms with E-state index in [0.717, 1.165) is 21.5 Å². The van der Waals surface area contributed by atoms with Crippen LogP contribution in [0, 0.1) is 0 Å². The van der Waals surface area contributed by atoms with E-state index in [2.05, 4.69) is 37.9 Å². The van der Waals surface area contributed by atoms with E-state index in [0.29, 0.717) is 13.2 Å². The van der Waals surface area contributed by atoms with Crippen molar-refractivity contribution in [2.24, 2.45) is 5.73 Å². The van der Waals surface area contributed by atoms with Gasteiger partial charge in [-0.15, -0.1) is 0 Å². The van der Waals surface area contributed by atoms with Crippen molar-refractivity contribution in [3.63, 3.8) is 0 Å². The SMILES string of the molecule is NC(c1cc(Br)c2c(c1)OCCO2)C1NNNN1. The lowest BCUT2D eigenvalue weighted by Crippen LogP contribution is -2.43. The fourth-order valence-corrected chi connectivity index (χ4v) is 2.53. The van der Waals surface area contributed by atoms with E-state index < -0.39 is 0 Å². The highest BCUT2D eigenvalue weighted by Gasteiger charge is 2.25. The molecule has 1 aromatic carbocycles. The maximum absolute atomic E-state index is 6.18. The van der Waals surface area contributed by atoms with Gasteiger partial charge in [0.15, 0.2) is 11.5 Å². The van der Waals surface area contributed by atoms with Crippen LogP contribution in [0.15, 0.2) is 16.6 Å². The van der Waals surface area contributed by atoms with Gasteiger partial charge in [0.1, 0.15) is 19.4 Å². The lowest BCUT2D eigenvalue weighted by molar-refractivity contribution is 0.170. The first-order chi connectivity index (χ1) is 8.75. The molecule has 2 aliphatic rings. The van der Waals surface area contributed by atoms with E-state index in [9.17, 15) is 0 Å². The van der Waals surface area contributed by atoms with E-state index in [1.54, 1.807) is 0 Å². The fourth-order valence-electron chi connectivity index (χ4n) is 1.96. The summed E-state index contributed by atoms with van der Waals surface area (Å²) in [5, 5.41) is 0. The molecule has 0 saturated carbocycles. The number of hydrogen-bond acceptors (Lipinski definition) is 7. The molecule has 0 aromatic heterocycles. The second-order valence-corrected chi connectivity index (χ2v) is 4.92. The Labute approximate surface area is 112 Å². The molecular weight excluding hydrogens is 302 g/mol. The van der Waals surface area contributed by atoms with Crippen molar-refractivity contribution < 1.29 is 9.47 Å². The maximum Gasteiger partial charge on any atom is 0.175 e. The van der Waals surface area contributed by atoms with Crippen LogP contribution in [0.5, 0.6) is 11.5 Å². The third-order valence-corrected chi connectivity index (χ3v) is 3.47. The van der Waals surface area contributed by atoms with Crippen LogP contribution in [0.4, 0.5) is 0 Å². The number of nitrogens with one attached hydrogen (secondary N) is 4. The summed E-state index contributed by atoms with van der Waals surface area (Å²) < 4.78 is 12.0. The zero-order valence-corrected chi connectivity index (χ0v) is 11.1. The highest BCUT2D eigenvalue weighted by Crippen LogP contribution is 2.39. The number of rotatable bonds is 2. The van der Waals surface area contributed by atoms with Gasteiger partial charge in [0, 0.05) is 0 Å². The Hall–Kier alpha value is -0.900. The zero-order valence-electron chi connectivity index (χ0n) is 9.50. The average molecular weight is 316 g/mol. The predicted molar refractivity (Wildman–Crippen MR) is 68.4 cm³/mol. The summed E-state index contributed by atoms with van der Waals surface area (Å²) in [5.41, 5.74) is 18.5. The van der Waals surface area contributed by atoms with Crippen LogP contribution in [-0.2, 0) is 0 Å². The molecule has 1 fully saturated rings. The fraction of sp³-hybridized carbons (Fsp3) is 0.400. The van der Waals surface area contributed by atoms with Crippen molar-refractivity contribution in [2.45, 2.75) is 12.2 Å². The largest absolute Gasteiger partial charge is 0.486 e. The van der Waals surface area contributed by atoms with Crippen LogP contribution >= 0.6 is 15.9 Å². The molecule has 1 saturated heterocycles. The van der Waals surface area contributed by atoms with Crippen LogP contribution in [0.2, 0.25) is 0 Å². The molecule has 8 heteroatoms. The van der Waals surface area contributed by atoms with Crippen LogP contribution in [0.3, 0.4) is 0 Å². The zero-order chi connectivity index (χ0) is 12.5. The summed E-state index contributed by atoms with van der Waals surface area (Å²) in [7, 11) is 0. The summed E-state index contributed by atoms with van der Waals surface area (Å²) in [4.78, 5) is 0. The Kier molecular flexibility index (Phi) is 3.37. The predicted octanol–water partition coefficient (Wildman–Crippen LogP) is -0.337. The van der Waals surface area contributed by atoms with Crippen LogP contribution in [0.25, 0.3) is 0 Å². The molecule has 0 radical (unpaired) electrons. The van der Waals surface area contributed by atoms with Gasteiger partial charge in [0.2, 0.25) is 0 Å².